The van der Waals surface area contributed by atoms with Gasteiger partial charge in [0, 0.05) is 24.8 Å². The molecule has 1 aliphatic rings. The number of fused-ring (bicyclic) bond motifs is 1. The second-order valence-electron chi connectivity index (χ2n) is 8.07. The van der Waals surface area contributed by atoms with Gasteiger partial charge < -0.3 is 10.2 Å². The number of carbonyl (C=O) groups is 2. The van der Waals surface area contributed by atoms with E-state index in [-0.39, 0.29) is 10.8 Å². The predicted molar refractivity (Wildman–Crippen MR) is 127 cm³/mol. The van der Waals surface area contributed by atoms with Gasteiger partial charge in [-0.15, -0.1) is 0 Å². The Morgan fingerprint density at radius 3 is 2.48 bits per heavy atom. The van der Waals surface area contributed by atoms with Gasteiger partial charge in [0.25, 0.3) is 0 Å². The average molecular weight is 464 g/mol. The molecule has 0 spiro atoms. The Hall–Kier alpha value is -3.49. The summed E-state index contributed by atoms with van der Waals surface area (Å²) in [5.41, 5.74) is 3.56. The first-order valence-electron chi connectivity index (χ1n) is 10.6. The van der Waals surface area contributed by atoms with Crippen LogP contribution in [0.2, 0.25) is 0 Å². The first-order chi connectivity index (χ1) is 15.7. The van der Waals surface area contributed by atoms with Crippen LogP contribution in [0.15, 0.2) is 77.7 Å². The van der Waals surface area contributed by atoms with Crippen molar-refractivity contribution in [2.75, 3.05) is 17.3 Å². The maximum absolute atomic E-state index is 13.5. The van der Waals surface area contributed by atoms with E-state index in [0.717, 1.165) is 11.1 Å². The lowest BCUT2D eigenvalue weighted by Crippen LogP contribution is -2.41. The standard InChI is InChI=1S/C25H25N3O4S/c1-17-7-6-10-20(15-17)28(2)25(30)24(18-8-4-3-5-9-18)27-33(31,32)21-12-13-22-19(16-21)11-14-23(29)26-22/h3-10,12-13,15-16,24,27H,11,14H2,1-2H3,(H,26,29)/t24-/m1/s1. The third-order valence-electron chi connectivity index (χ3n) is 5.65. The Balaban J connectivity index is 1.67. The first kappa shape index (κ1) is 22.7. The molecule has 0 radical (unpaired) electrons. The minimum Gasteiger partial charge on any atom is -0.326 e. The summed E-state index contributed by atoms with van der Waals surface area (Å²) in [6.45, 7) is 1.93. The van der Waals surface area contributed by atoms with Gasteiger partial charge in [0.05, 0.1) is 4.90 Å². The molecule has 3 aromatic rings. The second kappa shape index (κ2) is 9.17. The lowest BCUT2D eigenvalue weighted by molar-refractivity contribution is -0.120. The predicted octanol–water partition coefficient (Wildman–Crippen LogP) is 3.56. The molecule has 0 aliphatic carbocycles. The van der Waals surface area contributed by atoms with E-state index in [1.807, 2.05) is 31.2 Å². The van der Waals surface area contributed by atoms with Gasteiger partial charge in [-0.3, -0.25) is 9.59 Å². The van der Waals surface area contributed by atoms with Crippen LogP contribution in [-0.4, -0.2) is 27.3 Å². The van der Waals surface area contributed by atoms with Gasteiger partial charge in [-0.25, -0.2) is 8.42 Å². The van der Waals surface area contributed by atoms with E-state index < -0.39 is 22.0 Å². The molecule has 0 fully saturated rings. The third-order valence-corrected chi connectivity index (χ3v) is 7.08. The monoisotopic (exact) mass is 463 g/mol. The topological polar surface area (TPSA) is 95.6 Å². The zero-order valence-corrected chi connectivity index (χ0v) is 19.2. The van der Waals surface area contributed by atoms with Crippen molar-refractivity contribution in [3.63, 3.8) is 0 Å². The summed E-state index contributed by atoms with van der Waals surface area (Å²) in [4.78, 5) is 26.6. The molecule has 0 saturated heterocycles. The zero-order chi connectivity index (χ0) is 23.6. The largest absolute Gasteiger partial charge is 0.326 e. The molecule has 1 aliphatic heterocycles. The number of aryl methyl sites for hydroxylation is 2. The van der Waals surface area contributed by atoms with Crippen LogP contribution in [0.25, 0.3) is 0 Å². The summed E-state index contributed by atoms with van der Waals surface area (Å²) in [6, 6.07) is 19.7. The van der Waals surface area contributed by atoms with Crippen molar-refractivity contribution >= 4 is 33.2 Å². The van der Waals surface area contributed by atoms with Gasteiger partial charge in [0.1, 0.15) is 6.04 Å². The number of anilines is 2. The molecule has 8 heteroatoms. The summed E-state index contributed by atoms with van der Waals surface area (Å²) >= 11 is 0. The van der Waals surface area contributed by atoms with Crippen molar-refractivity contribution < 1.29 is 18.0 Å². The second-order valence-corrected chi connectivity index (χ2v) is 9.78. The van der Waals surface area contributed by atoms with Gasteiger partial charge in [-0.2, -0.15) is 4.72 Å². The van der Waals surface area contributed by atoms with Crippen molar-refractivity contribution in [2.45, 2.75) is 30.7 Å². The van der Waals surface area contributed by atoms with Gasteiger partial charge >= 0.3 is 0 Å². The van der Waals surface area contributed by atoms with Crippen LogP contribution in [0.4, 0.5) is 11.4 Å². The highest BCUT2D eigenvalue weighted by Crippen LogP contribution is 2.27. The van der Waals surface area contributed by atoms with Crippen molar-refractivity contribution in [1.29, 1.82) is 0 Å². The quantitative estimate of drug-likeness (QED) is 0.584. The summed E-state index contributed by atoms with van der Waals surface area (Å²) in [5, 5.41) is 2.75. The molecule has 2 amide bonds. The molecule has 3 aromatic carbocycles. The number of benzene rings is 3. The van der Waals surface area contributed by atoms with E-state index in [2.05, 4.69) is 10.0 Å². The van der Waals surface area contributed by atoms with Crippen molar-refractivity contribution in [3.8, 4) is 0 Å². The summed E-state index contributed by atoms with van der Waals surface area (Å²) in [5.74, 6) is -0.495. The molecular formula is C25H25N3O4S. The molecule has 1 heterocycles. The lowest BCUT2D eigenvalue weighted by atomic mass is 10.0. The summed E-state index contributed by atoms with van der Waals surface area (Å²) < 4.78 is 29.2. The van der Waals surface area contributed by atoms with Crippen LogP contribution in [0.3, 0.4) is 0 Å². The Morgan fingerprint density at radius 2 is 1.76 bits per heavy atom. The fraction of sp³-hybridized carbons (Fsp3) is 0.200. The molecule has 33 heavy (non-hydrogen) atoms. The van der Waals surface area contributed by atoms with Crippen LogP contribution in [0.1, 0.15) is 29.2 Å². The Morgan fingerprint density at radius 1 is 1.00 bits per heavy atom. The van der Waals surface area contributed by atoms with E-state index >= 15 is 0 Å². The summed E-state index contributed by atoms with van der Waals surface area (Å²) in [7, 11) is -2.41. The fourth-order valence-corrected chi connectivity index (χ4v) is 5.04. The molecular weight excluding hydrogens is 438 g/mol. The van der Waals surface area contributed by atoms with E-state index in [1.54, 1.807) is 49.5 Å². The van der Waals surface area contributed by atoms with Crippen LogP contribution < -0.4 is 14.9 Å². The number of nitrogens with zero attached hydrogens (tertiary/aromatic N) is 1. The van der Waals surface area contributed by atoms with E-state index in [0.29, 0.717) is 29.8 Å². The first-order valence-corrected chi connectivity index (χ1v) is 12.1. The van der Waals surface area contributed by atoms with Crippen LogP contribution >= 0.6 is 0 Å². The fourth-order valence-electron chi connectivity index (χ4n) is 3.81. The molecule has 2 N–H and O–H groups in total. The van der Waals surface area contributed by atoms with E-state index in [4.69, 9.17) is 0 Å². The molecule has 7 nitrogen and oxygen atoms in total. The van der Waals surface area contributed by atoms with Crippen molar-refractivity contribution in [3.05, 3.63) is 89.5 Å². The van der Waals surface area contributed by atoms with Gasteiger partial charge in [0.2, 0.25) is 21.8 Å². The average Bonchev–Trinajstić information content (AvgIpc) is 2.82. The van der Waals surface area contributed by atoms with Crippen LogP contribution in [-0.2, 0) is 26.0 Å². The van der Waals surface area contributed by atoms with E-state index in [9.17, 15) is 18.0 Å². The smallest absolute Gasteiger partial charge is 0.249 e. The van der Waals surface area contributed by atoms with Gasteiger partial charge in [0.15, 0.2) is 0 Å². The highest BCUT2D eigenvalue weighted by molar-refractivity contribution is 7.89. The van der Waals surface area contributed by atoms with Gasteiger partial charge in [-0.1, -0.05) is 42.5 Å². The zero-order valence-electron chi connectivity index (χ0n) is 18.4. The van der Waals surface area contributed by atoms with Crippen LogP contribution in [0.5, 0.6) is 0 Å². The highest BCUT2D eigenvalue weighted by Gasteiger charge is 2.30. The molecule has 0 saturated carbocycles. The maximum Gasteiger partial charge on any atom is 0.249 e. The number of carbonyl (C=O) groups excluding carboxylic acids is 2. The van der Waals surface area contributed by atoms with E-state index in [1.165, 1.54) is 11.0 Å². The minimum atomic E-state index is -4.03. The Bertz CT molecular complexity index is 1310. The number of nitrogens with one attached hydrogen (secondary N) is 2. The molecule has 170 valence electrons. The molecule has 1 atom stereocenters. The SMILES string of the molecule is Cc1cccc(N(C)C(=O)[C@H](NS(=O)(=O)c2ccc3c(c2)CCC(=O)N3)c2ccccc2)c1. The molecule has 0 bridgehead atoms. The minimum absolute atomic E-state index is 0.0457. The molecule has 0 aromatic heterocycles. The van der Waals surface area contributed by atoms with Crippen molar-refractivity contribution in [1.82, 2.24) is 4.72 Å². The number of amides is 2. The number of hydrogen-bond donors (Lipinski definition) is 2. The normalized spacial score (nSPS) is 14.2. The molecule has 4 rings (SSSR count). The number of rotatable bonds is 6. The third kappa shape index (κ3) is 4.97. The Labute approximate surface area is 193 Å². The lowest BCUT2D eigenvalue weighted by Gasteiger charge is -2.25. The van der Waals surface area contributed by atoms with Crippen molar-refractivity contribution in [2.24, 2.45) is 0 Å². The highest BCUT2D eigenvalue weighted by atomic mass is 32.2. The Kier molecular flexibility index (Phi) is 6.31. The number of hydrogen-bond acceptors (Lipinski definition) is 4. The summed E-state index contributed by atoms with van der Waals surface area (Å²) in [6.07, 6.45) is 0.762. The number of sulfonamides is 1. The molecule has 0 unspecified atom stereocenters. The maximum atomic E-state index is 13.5. The van der Waals surface area contributed by atoms with Gasteiger partial charge in [-0.05, 0) is 60.4 Å². The number of likely N-dealkylation sites (N-methyl/N-ethyl adjacent to an activating group) is 1. The van der Waals surface area contributed by atoms with Crippen LogP contribution in [0, 0.1) is 6.92 Å².